The summed E-state index contributed by atoms with van der Waals surface area (Å²) in [7, 11) is 1.64. The number of urea groups is 1. The molecule has 1 heterocycles. The lowest BCUT2D eigenvalue weighted by molar-refractivity contribution is 0.204. The predicted octanol–water partition coefficient (Wildman–Crippen LogP) is 3.27. The number of likely N-dealkylation sites (N-methyl/N-ethyl adjacent to an activating group) is 1. The molecule has 8 heteroatoms. The van der Waals surface area contributed by atoms with E-state index in [-0.39, 0.29) is 28.9 Å². The highest BCUT2D eigenvalue weighted by Gasteiger charge is 2.21. The van der Waals surface area contributed by atoms with Crippen molar-refractivity contribution in [3.05, 3.63) is 64.7 Å². The number of amides is 2. The molecule has 0 spiro atoms. The minimum atomic E-state index is -0.523. The van der Waals surface area contributed by atoms with Crippen LogP contribution in [-0.2, 0) is 13.0 Å². The van der Waals surface area contributed by atoms with Gasteiger partial charge in [0.25, 0.3) is 0 Å². The van der Waals surface area contributed by atoms with Crippen LogP contribution < -0.4 is 5.32 Å². The number of carbonyl (C=O) groups excluding carboxylic acids is 1. The number of thioether (sulfide) groups is 1. The Hall–Kier alpha value is -1.83. The largest absolute Gasteiger partial charge is 0.386 e. The molecule has 0 bridgehead atoms. The molecule has 1 aromatic carbocycles. The molecule has 0 radical (unpaired) electrons. The summed E-state index contributed by atoms with van der Waals surface area (Å²) in [4.78, 5) is 18.1. The first-order chi connectivity index (χ1) is 12.0. The van der Waals surface area contributed by atoms with Gasteiger partial charge < -0.3 is 15.3 Å². The van der Waals surface area contributed by atoms with E-state index >= 15 is 0 Å². The van der Waals surface area contributed by atoms with Crippen molar-refractivity contribution >= 4 is 29.4 Å². The second-order valence-electron chi connectivity index (χ2n) is 5.26. The van der Waals surface area contributed by atoms with Gasteiger partial charge in [-0.2, -0.15) is 0 Å². The Balaban J connectivity index is 1.99. The van der Waals surface area contributed by atoms with Gasteiger partial charge in [0.2, 0.25) is 0 Å². The van der Waals surface area contributed by atoms with Crippen LogP contribution in [-0.4, -0.2) is 39.4 Å². The fourth-order valence-electron chi connectivity index (χ4n) is 2.20. The highest BCUT2D eigenvalue weighted by molar-refractivity contribution is 7.99. The third-order valence-corrected chi connectivity index (χ3v) is 5.03. The van der Waals surface area contributed by atoms with Crippen LogP contribution in [0.15, 0.2) is 42.6 Å². The Morgan fingerprint density at radius 3 is 2.88 bits per heavy atom. The second kappa shape index (κ2) is 9.60. The number of rotatable bonds is 7. The maximum absolute atomic E-state index is 13.4. The molecular formula is C17H19ClFN3O2S. The Morgan fingerprint density at radius 2 is 2.20 bits per heavy atom. The van der Waals surface area contributed by atoms with Crippen molar-refractivity contribution in [2.24, 2.45) is 0 Å². The molecule has 2 rings (SSSR count). The van der Waals surface area contributed by atoms with E-state index in [1.807, 2.05) is 18.2 Å². The number of hydrogen-bond donors (Lipinski definition) is 2. The zero-order chi connectivity index (χ0) is 18.2. The van der Waals surface area contributed by atoms with Crippen molar-refractivity contribution in [3.63, 3.8) is 0 Å². The van der Waals surface area contributed by atoms with Crippen LogP contribution in [0, 0.1) is 5.82 Å². The van der Waals surface area contributed by atoms with E-state index in [1.54, 1.807) is 19.3 Å². The number of aliphatic hydroxyl groups excluding tert-OH is 1. The normalized spacial score (nSPS) is 11.8. The summed E-state index contributed by atoms with van der Waals surface area (Å²) in [5.74, 6) is -0.643. The first kappa shape index (κ1) is 19.5. The zero-order valence-corrected chi connectivity index (χ0v) is 15.2. The summed E-state index contributed by atoms with van der Waals surface area (Å²) in [5.41, 5.74) is 1.32. The molecule has 0 aliphatic rings. The van der Waals surface area contributed by atoms with Crippen molar-refractivity contribution in [2.75, 3.05) is 13.0 Å². The molecule has 2 aromatic rings. The molecule has 0 fully saturated rings. The molecule has 2 amide bonds. The van der Waals surface area contributed by atoms with Gasteiger partial charge in [0.05, 0.1) is 16.3 Å². The number of halogens is 2. The van der Waals surface area contributed by atoms with Crippen LogP contribution in [0.2, 0.25) is 5.02 Å². The van der Waals surface area contributed by atoms with E-state index in [4.69, 9.17) is 11.6 Å². The summed E-state index contributed by atoms with van der Waals surface area (Å²) in [6, 6.07) is 9.66. The third kappa shape index (κ3) is 5.59. The predicted molar refractivity (Wildman–Crippen MR) is 97.8 cm³/mol. The van der Waals surface area contributed by atoms with Crippen LogP contribution >= 0.6 is 23.4 Å². The Kier molecular flexibility index (Phi) is 7.49. The van der Waals surface area contributed by atoms with E-state index in [1.165, 1.54) is 28.8 Å². The van der Waals surface area contributed by atoms with Gasteiger partial charge in [-0.25, -0.2) is 9.18 Å². The van der Waals surface area contributed by atoms with Gasteiger partial charge in [0.15, 0.2) is 0 Å². The summed E-state index contributed by atoms with van der Waals surface area (Å²) in [5, 5.41) is 11.7. The maximum Gasteiger partial charge on any atom is 0.318 e. The molecule has 0 saturated heterocycles. The highest BCUT2D eigenvalue weighted by Crippen LogP contribution is 2.20. The third-order valence-electron chi connectivity index (χ3n) is 3.59. The van der Waals surface area contributed by atoms with Crippen LogP contribution in [0.25, 0.3) is 0 Å². The molecule has 1 aromatic heterocycles. The lowest BCUT2D eigenvalue weighted by Gasteiger charge is -2.27. The topological polar surface area (TPSA) is 65.5 Å². The molecule has 5 nitrogen and oxygen atoms in total. The number of pyridine rings is 1. The summed E-state index contributed by atoms with van der Waals surface area (Å²) < 4.78 is 13.4. The number of nitrogens with zero attached hydrogens (tertiary/aromatic N) is 2. The van der Waals surface area contributed by atoms with Crippen molar-refractivity contribution in [1.29, 1.82) is 0 Å². The minimum Gasteiger partial charge on any atom is -0.386 e. The molecule has 25 heavy (non-hydrogen) atoms. The lowest BCUT2D eigenvalue weighted by Crippen LogP contribution is -2.43. The number of hydrogen-bond acceptors (Lipinski definition) is 4. The van der Waals surface area contributed by atoms with Gasteiger partial charge in [0.1, 0.15) is 5.82 Å². The maximum atomic E-state index is 13.4. The first-order valence-corrected chi connectivity index (χ1v) is 9.01. The van der Waals surface area contributed by atoms with Crippen molar-refractivity contribution in [1.82, 2.24) is 15.2 Å². The van der Waals surface area contributed by atoms with Gasteiger partial charge in [-0.15, -0.1) is 11.8 Å². The van der Waals surface area contributed by atoms with Gasteiger partial charge in [0, 0.05) is 31.9 Å². The Morgan fingerprint density at radius 1 is 1.40 bits per heavy atom. The van der Waals surface area contributed by atoms with Crippen LogP contribution in [0.5, 0.6) is 0 Å². The van der Waals surface area contributed by atoms with Gasteiger partial charge in [-0.05, 0) is 23.8 Å². The second-order valence-corrected chi connectivity index (χ2v) is 6.77. The molecule has 0 aliphatic heterocycles. The fourth-order valence-corrected chi connectivity index (χ4v) is 3.18. The summed E-state index contributed by atoms with van der Waals surface area (Å²) >= 11 is 7.12. The van der Waals surface area contributed by atoms with Gasteiger partial charge in [-0.1, -0.05) is 29.8 Å². The van der Waals surface area contributed by atoms with E-state index in [9.17, 15) is 14.3 Å². The highest BCUT2D eigenvalue weighted by atomic mass is 35.5. The van der Waals surface area contributed by atoms with Gasteiger partial charge >= 0.3 is 6.03 Å². The first-order valence-electron chi connectivity index (χ1n) is 7.59. The molecule has 134 valence electrons. The minimum absolute atomic E-state index is 0.000205. The molecule has 0 saturated carbocycles. The molecular weight excluding hydrogens is 365 g/mol. The summed E-state index contributed by atoms with van der Waals surface area (Å²) in [6.45, 7) is 0.111. The standard InChI is InChI=1S/C17H19ClFN3O2S/c1-22(15(25-11-23)9-13-6-2-3-8-20-13)17(24)21-10-12-5-4-7-14(19)16(12)18/h2-8,15,23H,9-11H2,1H3,(H,21,24)/t15-/m1/s1. The molecule has 2 N–H and O–H groups in total. The number of aliphatic hydroxyl groups is 1. The lowest BCUT2D eigenvalue weighted by atomic mass is 10.2. The van der Waals surface area contributed by atoms with Crippen LogP contribution in [0.4, 0.5) is 9.18 Å². The smallest absolute Gasteiger partial charge is 0.318 e. The van der Waals surface area contributed by atoms with E-state index in [2.05, 4.69) is 10.3 Å². The SMILES string of the molecule is CN(C(=O)NCc1cccc(F)c1Cl)[C@@H](Cc1ccccn1)SCO. The van der Waals surface area contributed by atoms with Crippen LogP contribution in [0.3, 0.4) is 0 Å². The number of nitrogens with one attached hydrogen (secondary N) is 1. The van der Waals surface area contributed by atoms with Gasteiger partial charge in [-0.3, -0.25) is 4.98 Å². The zero-order valence-electron chi connectivity index (χ0n) is 13.7. The summed E-state index contributed by atoms with van der Waals surface area (Å²) in [6.07, 6.45) is 2.18. The fraction of sp³-hybridized carbons (Fsp3) is 0.294. The quantitative estimate of drug-likeness (QED) is 0.720. The molecule has 0 aliphatic carbocycles. The van der Waals surface area contributed by atoms with E-state index < -0.39 is 5.82 Å². The molecule has 1 atom stereocenters. The Bertz CT molecular complexity index is 706. The number of benzene rings is 1. The average molecular weight is 384 g/mol. The Labute approximate surface area is 155 Å². The number of carbonyl (C=O) groups is 1. The average Bonchev–Trinajstić information content (AvgIpc) is 2.62. The van der Waals surface area contributed by atoms with Crippen molar-refractivity contribution in [3.8, 4) is 0 Å². The molecule has 0 unspecified atom stereocenters. The van der Waals surface area contributed by atoms with E-state index in [0.29, 0.717) is 12.0 Å². The van der Waals surface area contributed by atoms with Crippen LogP contribution in [0.1, 0.15) is 11.3 Å². The van der Waals surface area contributed by atoms with Crippen molar-refractivity contribution < 1.29 is 14.3 Å². The number of aromatic nitrogens is 1. The monoisotopic (exact) mass is 383 g/mol. The van der Waals surface area contributed by atoms with Crippen molar-refractivity contribution in [2.45, 2.75) is 18.3 Å². The van der Waals surface area contributed by atoms with E-state index in [0.717, 1.165) is 5.69 Å².